The van der Waals surface area contributed by atoms with E-state index in [4.69, 9.17) is 10.00 Å². The van der Waals surface area contributed by atoms with Crippen molar-refractivity contribution in [3.8, 4) is 6.07 Å². The summed E-state index contributed by atoms with van der Waals surface area (Å²) in [7, 11) is 0. The van der Waals surface area contributed by atoms with E-state index in [9.17, 15) is 9.18 Å². The molecule has 0 aliphatic carbocycles. The number of carbonyl (C=O) groups excluding carboxylic acids is 1. The van der Waals surface area contributed by atoms with Gasteiger partial charge in [0.1, 0.15) is 17.5 Å². The van der Waals surface area contributed by atoms with Crippen molar-refractivity contribution in [1.29, 1.82) is 5.26 Å². The predicted molar refractivity (Wildman–Crippen MR) is 75.7 cm³/mol. The number of hydrogen-bond donors (Lipinski definition) is 2. The Labute approximate surface area is 122 Å². The average molecular weight is 289 g/mol. The second-order valence-corrected chi connectivity index (χ2v) is 4.67. The summed E-state index contributed by atoms with van der Waals surface area (Å²) in [5, 5.41) is 14.5. The molecule has 2 rings (SSSR count). The fourth-order valence-corrected chi connectivity index (χ4v) is 1.98. The predicted octanol–water partition coefficient (Wildman–Crippen LogP) is 1.94. The zero-order chi connectivity index (χ0) is 15.1. The van der Waals surface area contributed by atoms with E-state index >= 15 is 0 Å². The Hall–Kier alpha value is -2.39. The number of ether oxygens (including phenoxy) is 1. The fraction of sp³-hybridized carbons (Fsp3) is 0.333. The first-order valence-corrected chi connectivity index (χ1v) is 6.71. The molecule has 0 saturated carbocycles. The third-order valence-electron chi connectivity index (χ3n) is 3.08. The highest BCUT2D eigenvalue weighted by Gasteiger charge is 2.15. The van der Waals surface area contributed by atoms with Crippen LogP contribution in [0.2, 0.25) is 0 Å². The number of benzene rings is 1. The Morgan fingerprint density at radius 2 is 2.24 bits per heavy atom. The van der Waals surface area contributed by atoms with Crippen molar-refractivity contribution in [3.05, 3.63) is 41.9 Å². The van der Waals surface area contributed by atoms with E-state index < -0.39 is 5.91 Å². The smallest absolute Gasteiger partial charge is 0.267 e. The lowest BCUT2D eigenvalue weighted by Crippen LogP contribution is -2.24. The Balaban J connectivity index is 1.88. The van der Waals surface area contributed by atoms with E-state index in [2.05, 4.69) is 10.6 Å². The van der Waals surface area contributed by atoms with Crippen molar-refractivity contribution in [2.24, 2.45) is 0 Å². The number of amides is 1. The van der Waals surface area contributed by atoms with Gasteiger partial charge in [-0.1, -0.05) is 0 Å². The van der Waals surface area contributed by atoms with Crippen LogP contribution in [0.15, 0.2) is 36.0 Å². The van der Waals surface area contributed by atoms with Crippen molar-refractivity contribution >= 4 is 11.6 Å². The highest BCUT2D eigenvalue weighted by atomic mass is 19.1. The maximum Gasteiger partial charge on any atom is 0.267 e. The van der Waals surface area contributed by atoms with Gasteiger partial charge in [-0.25, -0.2) is 4.39 Å². The number of hydrogen-bond acceptors (Lipinski definition) is 4. The number of rotatable bonds is 5. The number of anilines is 1. The average Bonchev–Trinajstić information content (AvgIpc) is 2.99. The van der Waals surface area contributed by atoms with Crippen LogP contribution >= 0.6 is 0 Å². The first kappa shape index (κ1) is 15.0. The number of nitriles is 1. The van der Waals surface area contributed by atoms with Gasteiger partial charge in [-0.15, -0.1) is 0 Å². The number of halogens is 1. The molecule has 21 heavy (non-hydrogen) atoms. The molecule has 1 aliphatic rings. The molecule has 1 atom stereocenters. The molecule has 1 aliphatic heterocycles. The van der Waals surface area contributed by atoms with Gasteiger partial charge < -0.3 is 15.4 Å². The molecule has 1 unspecified atom stereocenters. The van der Waals surface area contributed by atoms with E-state index in [0.29, 0.717) is 12.2 Å². The third-order valence-corrected chi connectivity index (χ3v) is 3.08. The molecule has 0 bridgehead atoms. The largest absolute Gasteiger partial charge is 0.387 e. The Morgan fingerprint density at radius 3 is 2.86 bits per heavy atom. The SMILES string of the molecule is N#C/C(=C/NCC1CCCO1)C(=O)Nc1ccc(F)cc1. The minimum atomic E-state index is -0.538. The number of nitrogens with zero attached hydrogens (tertiary/aromatic N) is 1. The van der Waals surface area contributed by atoms with Gasteiger partial charge in [-0.05, 0) is 37.1 Å². The van der Waals surface area contributed by atoms with Crippen LogP contribution in [0, 0.1) is 17.1 Å². The summed E-state index contributed by atoms with van der Waals surface area (Å²) in [5.74, 6) is -0.925. The molecule has 110 valence electrons. The molecule has 1 heterocycles. The van der Waals surface area contributed by atoms with Crippen molar-refractivity contribution in [2.45, 2.75) is 18.9 Å². The van der Waals surface area contributed by atoms with E-state index in [1.807, 2.05) is 6.07 Å². The highest BCUT2D eigenvalue weighted by Crippen LogP contribution is 2.11. The molecular weight excluding hydrogens is 273 g/mol. The zero-order valence-corrected chi connectivity index (χ0v) is 11.4. The van der Waals surface area contributed by atoms with Gasteiger partial charge in [0, 0.05) is 25.0 Å². The van der Waals surface area contributed by atoms with E-state index in [1.165, 1.54) is 30.5 Å². The second-order valence-electron chi connectivity index (χ2n) is 4.67. The summed E-state index contributed by atoms with van der Waals surface area (Å²) in [5.41, 5.74) is 0.388. The Morgan fingerprint density at radius 1 is 1.48 bits per heavy atom. The summed E-state index contributed by atoms with van der Waals surface area (Å²) in [6, 6.07) is 7.17. The fourth-order valence-electron chi connectivity index (χ4n) is 1.98. The lowest BCUT2D eigenvalue weighted by atomic mass is 10.2. The molecule has 0 aromatic heterocycles. The minimum Gasteiger partial charge on any atom is -0.387 e. The van der Waals surface area contributed by atoms with E-state index in [0.717, 1.165) is 19.4 Å². The van der Waals surface area contributed by atoms with Crippen LogP contribution in [0.25, 0.3) is 0 Å². The van der Waals surface area contributed by atoms with Crippen molar-refractivity contribution in [1.82, 2.24) is 5.32 Å². The molecule has 0 spiro atoms. The van der Waals surface area contributed by atoms with Crippen molar-refractivity contribution in [3.63, 3.8) is 0 Å². The van der Waals surface area contributed by atoms with Gasteiger partial charge in [0.25, 0.3) is 5.91 Å². The first-order chi connectivity index (χ1) is 10.2. The summed E-state index contributed by atoms with van der Waals surface area (Å²) in [6.45, 7) is 1.32. The molecule has 1 saturated heterocycles. The second kappa shape index (κ2) is 7.41. The molecule has 5 nitrogen and oxygen atoms in total. The van der Waals surface area contributed by atoms with Crippen LogP contribution in [0.3, 0.4) is 0 Å². The molecule has 1 amide bonds. The normalized spacial score (nSPS) is 18.1. The summed E-state index contributed by atoms with van der Waals surface area (Å²) >= 11 is 0. The van der Waals surface area contributed by atoms with Gasteiger partial charge >= 0.3 is 0 Å². The van der Waals surface area contributed by atoms with Gasteiger partial charge in [0.05, 0.1) is 6.10 Å². The summed E-state index contributed by atoms with van der Waals surface area (Å²) < 4.78 is 18.2. The van der Waals surface area contributed by atoms with E-state index in [1.54, 1.807) is 0 Å². The molecule has 0 radical (unpaired) electrons. The van der Waals surface area contributed by atoms with Crippen LogP contribution in [-0.4, -0.2) is 25.2 Å². The summed E-state index contributed by atoms with van der Waals surface area (Å²) in [4.78, 5) is 11.9. The molecule has 1 aromatic rings. The van der Waals surface area contributed by atoms with Gasteiger partial charge in [-0.2, -0.15) is 5.26 Å². The monoisotopic (exact) mass is 289 g/mol. The quantitative estimate of drug-likeness (QED) is 0.641. The lowest BCUT2D eigenvalue weighted by Gasteiger charge is -2.09. The van der Waals surface area contributed by atoms with Crippen LogP contribution < -0.4 is 10.6 Å². The third kappa shape index (κ3) is 4.58. The van der Waals surface area contributed by atoms with Crippen molar-refractivity contribution < 1.29 is 13.9 Å². The standard InChI is InChI=1S/C15H16FN3O2/c16-12-3-5-13(6-4-12)19-15(20)11(8-17)9-18-10-14-2-1-7-21-14/h3-6,9,14,18H,1-2,7,10H2,(H,19,20)/b11-9-. The number of nitrogens with one attached hydrogen (secondary N) is 2. The van der Waals surface area contributed by atoms with Gasteiger partial charge in [0.2, 0.25) is 0 Å². The van der Waals surface area contributed by atoms with Gasteiger partial charge in [-0.3, -0.25) is 4.79 Å². The molecule has 1 fully saturated rings. The van der Waals surface area contributed by atoms with Crippen LogP contribution in [0.4, 0.5) is 10.1 Å². The minimum absolute atomic E-state index is 0.0441. The van der Waals surface area contributed by atoms with Gasteiger partial charge in [0.15, 0.2) is 0 Å². The summed E-state index contributed by atoms with van der Waals surface area (Å²) in [6.07, 6.45) is 3.51. The van der Waals surface area contributed by atoms with E-state index in [-0.39, 0.29) is 17.5 Å². The van der Waals surface area contributed by atoms with Crippen LogP contribution in [0.1, 0.15) is 12.8 Å². The zero-order valence-electron chi connectivity index (χ0n) is 11.4. The molecule has 1 aromatic carbocycles. The highest BCUT2D eigenvalue weighted by molar-refractivity contribution is 6.06. The molecular formula is C15H16FN3O2. The maximum absolute atomic E-state index is 12.8. The van der Waals surface area contributed by atoms with Crippen molar-refractivity contribution in [2.75, 3.05) is 18.5 Å². The molecule has 2 N–H and O–H groups in total. The first-order valence-electron chi connectivity index (χ1n) is 6.71. The van der Waals surface area contributed by atoms with Crippen LogP contribution in [0.5, 0.6) is 0 Å². The Bertz CT molecular complexity index is 557. The number of carbonyl (C=O) groups is 1. The molecule has 6 heteroatoms. The lowest BCUT2D eigenvalue weighted by molar-refractivity contribution is -0.112. The Kier molecular flexibility index (Phi) is 5.29. The van der Waals surface area contributed by atoms with Crippen LogP contribution in [-0.2, 0) is 9.53 Å². The maximum atomic E-state index is 12.8. The topological polar surface area (TPSA) is 74.1 Å².